The van der Waals surface area contributed by atoms with Crippen molar-refractivity contribution in [3.63, 3.8) is 0 Å². The molecule has 0 bridgehead atoms. The standard InChI is InChI=1S/C20H18/c1-16-12-13-19(15-17-8-4-2-5-9-17)20(14-16)18-10-6-3-7-11-18/h2-14H,15H2,1H3. The van der Waals surface area contributed by atoms with Gasteiger partial charge in [-0.2, -0.15) is 0 Å². The fourth-order valence-corrected chi connectivity index (χ4v) is 2.55. The number of benzene rings is 3. The van der Waals surface area contributed by atoms with Crippen molar-refractivity contribution in [2.45, 2.75) is 13.3 Å². The van der Waals surface area contributed by atoms with E-state index in [1.807, 2.05) is 0 Å². The van der Waals surface area contributed by atoms with Crippen LogP contribution in [0.15, 0.2) is 78.9 Å². The topological polar surface area (TPSA) is 0 Å². The Labute approximate surface area is 120 Å². The summed E-state index contributed by atoms with van der Waals surface area (Å²) in [5, 5.41) is 0. The molecule has 0 spiro atoms. The van der Waals surface area contributed by atoms with Crippen LogP contribution in [0.25, 0.3) is 11.1 Å². The minimum Gasteiger partial charge on any atom is -0.0622 e. The normalized spacial score (nSPS) is 10.4. The van der Waals surface area contributed by atoms with Gasteiger partial charge in [-0.3, -0.25) is 0 Å². The van der Waals surface area contributed by atoms with Crippen LogP contribution >= 0.6 is 0 Å². The van der Waals surface area contributed by atoms with Gasteiger partial charge in [-0.1, -0.05) is 84.4 Å². The van der Waals surface area contributed by atoms with Crippen molar-refractivity contribution >= 4 is 0 Å². The Bertz CT molecular complexity index is 682. The molecule has 0 saturated heterocycles. The zero-order valence-corrected chi connectivity index (χ0v) is 11.7. The maximum absolute atomic E-state index is 2.29. The van der Waals surface area contributed by atoms with Crippen LogP contribution in [-0.4, -0.2) is 0 Å². The molecule has 3 aromatic carbocycles. The Morgan fingerprint density at radius 1 is 0.700 bits per heavy atom. The monoisotopic (exact) mass is 258 g/mol. The summed E-state index contributed by atoms with van der Waals surface area (Å²) in [7, 11) is 0. The Kier molecular flexibility index (Phi) is 3.64. The first-order chi connectivity index (χ1) is 9.83. The number of aryl methyl sites for hydroxylation is 1. The molecule has 0 aliphatic heterocycles. The van der Waals surface area contributed by atoms with E-state index >= 15 is 0 Å². The fraction of sp³-hybridized carbons (Fsp3) is 0.100. The van der Waals surface area contributed by atoms with E-state index in [-0.39, 0.29) is 0 Å². The molecule has 0 N–H and O–H groups in total. The van der Waals surface area contributed by atoms with E-state index in [0.29, 0.717) is 0 Å². The molecule has 0 aliphatic rings. The van der Waals surface area contributed by atoms with Crippen molar-refractivity contribution in [2.75, 3.05) is 0 Å². The summed E-state index contributed by atoms with van der Waals surface area (Å²) in [5.41, 5.74) is 6.68. The molecule has 3 rings (SSSR count). The second-order valence-electron chi connectivity index (χ2n) is 5.19. The molecule has 0 unspecified atom stereocenters. The molecule has 20 heavy (non-hydrogen) atoms. The quantitative estimate of drug-likeness (QED) is 0.601. The van der Waals surface area contributed by atoms with Gasteiger partial charge in [0.25, 0.3) is 0 Å². The van der Waals surface area contributed by atoms with E-state index in [9.17, 15) is 0 Å². The molecule has 3 aromatic rings. The maximum atomic E-state index is 2.29. The molecule has 0 amide bonds. The van der Waals surface area contributed by atoms with Gasteiger partial charge in [0.15, 0.2) is 0 Å². The molecular formula is C20H18. The highest BCUT2D eigenvalue weighted by atomic mass is 14.1. The smallest absolute Gasteiger partial charge is 0.00196 e. The van der Waals surface area contributed by atoms with E-state index in [1.165, 1.54) is 27.8 Å². The first kappa shape index (κ1) is 12.7. The Balaban J connectivity index is 2.03. The lowest BCUT2D eigenvalue weighted by molar-refractivity contribution is 1.19. The molecule has 0 atom stereocenters. The zero-order valence-electron chi connectivity index (χ0n) is 11.7. The molecule has 0 aliphatic carbocycles. The van der Waals surface area contributed by atoms with E-state index in [0.717, 1.165) is 6.42 Å². The van der Waals surface area contributed by atoms with Crippen molar-refractivity contribution < 1.29 is 0 Å². The highest BCUT2D eigenvalue weighted by Crippen LogP contribution is 2.26. The average molecular weight is 258 g/mol. The Morgan fingerprint density at radius 2 is 1.35 bits per heavy atom. The molecule has 0 heteroatoms. The van der Waals surface area contributed by atoms with Crippen molar-refractivity contribution in [1.29, 1.82) is 0 Å². The van der Waals surface area contributed by atoms with Crippen molar-refractivity contribution in [2.24, 2.45) is 0 Å². The first-order valence-corrected chi connectivity index (χ1v) is 7.02. The van der Waals surface area contributed by atoms with Crippen molar-refractivity contribution in [1.82, 2.24) is 0 Å². The van der Waals surface area contributed by atoms with Crippen molar-refractivity contribution in [3.05, 3.63) is 95.6 Å². The highest BCUT2D eigenvalue weighted by molar-refractivity contribution is 5.68. The van der Waals surface area contributed by atoms with Gasteiger partial charge in [0, 0.05) is 0 Å². The summed E-state index contributed by atoms with van der Waals surface area (Å²) >= 11 is 0. The second kappa shape index (κ2) is 5.75. The Morgan fingerprint density at radius 3 is 2.05 bits per heavy atom. The van der Waals surface area contributed by atoms with Gasteiger partial charge < -0.3 is 0 Å². The van der Waals surface area contributed by atoms with Crippen LogP contribution in [0.2, 0.25) is 0 Å². The van der Waals surface area contributed by atoms with E-state index in [1.54, 1.807) is 0 Å². The van der Waals surface area contributed by atoms with Crippen LogP contribution in [-0.2, 0) is 6.42 Å². The molecule has 0 radical (unpaired) electrons. The van der Waals surface area contributed by atoms with Gasteiger partial charge in [-0.25, -0.2) is 0 Å². The third-order valence-electron chi connectivity index (χ3n) is 3.59. The molecule has 0 fully saturated rings. The minimum atomic E-state index is 0.978. The van der Waals surface area contributed by atoms with Crippen molar-refractivity contribution in [3.8, 4) is 11.1 Å². The summed E-state index contributed by atoms with van der Waals surface area (Å²) in [6, 6.07) is 28.0. The van der Waals surface area contributed by atoms with Crippen LogP contribution < -0.4 is 0 Å². The van der Waals surface area contributed by atoms with Gasteiger partial charge in [0.2, 0.25) is 0 Å². The van der Waals surface area contributed by atoms with E-state index in [2.05, 4.69) is 85.8 Å². The number of hydrogen-bond acceptors (Lipinski definition) is 0. The predicted molar refractivity (Wildman–Crippen MR) is 85.9 cm³/mol. The summed E-state index contributed by atoms with van der Waals surface area (Å²) in [6.45, 7) is 2.15. The summed E-state index contributed by atoms with van der Waals surface area (Å²) in [4.78, 5) is 0. The van der Waals surface area contributed by atoms with Crippen LogP contribution in [0.3, 0.4) is 0 Å². The predicted octanol–water partition coefficient (Wildman–Crippen LogP) is 5.25. The van der Waals surface area contributed by atoms with E-state index in [4.69, 9.17) is 0 Å². The molecule has 0 saturated carbocycles. The molecule has 0 aromatic heterocycles. The molecule has 0 nitrogen and oxygen atoms in total. The zero-order chi connectivity index (χ0) is 13.8. The lowest BCUT2D eigenvalue weighted by atomic mass is 9.93. The van der Waals surface area contributed by atoms with Gasteiger partial charge in [0.1, 0.15) is 0 Å². The van der Waals surface area contributed by atoms with Gasteiger partial charge >= 0.3 is 0 Å². The van der Waals surface area contributed by atoms with Crippen LogP contribution in [0.4, 0.5) is 0 Å². The lowest BCUT2D eigenvalue weighted by Crippen LogP contribution is -1.93. The molecule has 98 valence electrons. The van der Waals surface area contributed by atoms with Crippen LogP contribution in [0.1, 0.15) is 16.7 Å². The fourth-order valence-electron chi connectivity index (χ4n) is 2.55. The second-order valence-corrected chi connectivity index (χ2v) is 5.19. The minimum absolute atomic E-state index is 0.978. The largest absolute Gasteiger partial charge is 0.0622 e. The van der Waals surface area contributed by atoms with Gasteiger partial charge in [0.05, 0.1) is 0 Å². The van der Waals surface area contributed by atoms with Crippen LogP contribution in [0.5, 0.6) is 0 Å². The average Bonchev–Trinajstić information content (AvgIpc) is 2.51. The maximum Gasteiger partial charge on any atom is -0.00196 e. The van der Waals surface area contributed by atoms with E-state index < -0.39 is 0 Å². The molecular weight excluding hydrogens is 240 g/mol. The number of rotatable bonds is 3. The summed E-state index contributed by atoms with van der Waals surface area (Å²) in [6.07, 6.45) is 0.978. The third kappa shape index (κ3) is 2.80. The Hall–Kier alpha value is -2.34. The lowest BCUT2D eigenvalue weighted by Gasteiger charge is -2.11. The first-order valence-electron chi connectivity index (χ1n) is 7.02. The summed E-state index contributed by atoms with van der Waals surface area (Å²) < 4.78 is 0. The van der Waals surface area contributed by atoms with Crippen LogP contribution in [0, 0.1) is 6.92 Å². The highest BCUT2D eigenvalue weighted by Gasteiger charge is 2.06. The third-order valence-corrected chi connectivity index (χ3v) is 3.59. The molecule has 0 heterocycles. The van der Waals surface area contributed by atoms with Gasteiger partial charge in [-0.05, 0) is 35.6 Å². The SMILES string of the molecule is Cc1ccc(Cc2ccccc2)c(-c2ccccc2)c1. The summed E-state index contributed by atoms with van der Waals surface area (Å²) in [5.74, 6) is 0. The van der Waals surface area contributed by atoms with Gasteiger partial charge in [-0.15, -0.1) is 0 Å². The number of hydrogen-bond donors (Lipinski definition) is 0.